The summed E-state index contributed by atoms with van der Waals surface area (Å²) in [4.78, 5) is 0. The molecule has 0 aliphatic rings. The van der Waals surface area contributed by atoms with Crippen molar-refractivity contribution in [3.63, 3.8) is 0 Å². The standard InChI is InChI=1S/C17H19O2P/c1-4-13-20(18-16-10-6-5-7-11-16)19-17-12-8-9-14(2)15(17)3/h4-12H,1,13H2,2-3H3. The van der Waals surface area contributed by atoms with E-state index in [0.29, 0.717) is 6.16 Å². The molecule has 1 unspecified atom stereocenters. The Balaban J connectivity index is 2.13. The summed E-state index contributed by atoms with van der Waals surface area (Å²) < 4.78 is 12.0. The molecule has 0 radical (unpaired) electrons. The van der Waals surface area contributed by atoms with Gasteiger partial charge in [-0.25, -0.2) is 0 Å². The van der Waals surface area contributed by atoms with Crippen LogP contribution < -0.4 is 9.05 Å². The molecule has 20 heavy (non-hydrogen) atoms. The molecule has 104 valence electrons. The van der Waals surface area contributed by atoms with E-state index in [9.17, 15) is 0 Å². The second kappa shape index (κ2) is 7.12. The number of para-hydroxylation sites is 1. The molecule has 0 heterocycles. The van der Waals surface area contributed by atoms with Crippen LogP contribution >= 0.6 is 8.38 Å². The van der Waals surface area contributed by atoms with Crippen LogP contribution in [0.15, 0.2) is 61.2 Å². The van der Waals surface area contributed by atoms with E-state index in [0.717, 1.165) is 17.1 Å². The Hall–Kier alpha value is -1.79. The van der Waals surface area contributed by atoms with Crippen LogP contribution in [-0.4, -0.2) is 6.16 Å². The maximum absolute atomic E-state index is 6.04. The molecule has 0 aromatic heterocycles. The first-order chi connectivity index (χ1) is 9.70. The van der Waals surface area contributed by atoms with Gasteiger partial charge in [0.2, 0.25) is 0 Å². The minimum atomic E-state index is -1.06. The van der Waals surface area contributed by atoms with Gasteiger partial charge in [0.25, 0.3) is 8.38 Å². The van der Waals surface area contributed by atoms with Crippen molar-refractivity contribution >= 4 is 8.38 Å². The lowest BCUT2D eigenvalue weighted by molar-refractivity contribution is 0.490. The Morgan fingerprint density at radius 3 is 2.45 bits per heavy atom. The van der Waals surface area contributed by atoms with Crippen molar-refractivity contribution in [2.24, 2.45) is 0 Å². The third kappa shape index (κ3) is 3.85. The lowest BCUT2D eigenvalue weighted by Gasteiger charge is -2.19. The lowest BCUT2D eigenvalue weighted by Crippen LogP contribution is -2.00. The Kier molecular flexibility index (Phi) is 5.20. The molecular weight excluding hydrogens is 267 g/mol. The fraction of sp³-hybridized carbons (Fsp3) is 0.176. The molecule has 0 saturated heterocycles. The molecule has 0 fully saturated rings. The monoisotopic (exact) mass is 286 g/mol. The summed E-state index contributed by atoms with van der Waals surface area (Å²) in [6.07, 6.45) is 2.53. The molecular formula is C17H19O2P. The summed E-state index contributed by atoms with van der Waals surface area (Å²) in [5, 5.41) is 0. The van der Waals surface area contributed by atoms with Gasteiger partial charge in [-0.2, -0.15) is 0 Å². The molecule has 0 aliphatic heterocycles. The molecule has 2 rings (SSSR count). The first-order valence-electron chi connectivity index (χ1n) is 6.56. The highest BCUT2D eigenvalue weighted by molar-refractivity contribution is 7.48. The summed E-state index contributed by atoms with van der Waals surface area (Å²) in [6.45, 7) is 7.92. The van der Waals surface area contributed by atoms with Gasteiger partial charge in [-0.05, 0) is 43.2 Å². The summed E-state index contributed by atoms with van der Waals surface area (Å²) in [6, 6.07) is 15.8. The highest BCUT2D eigenvalue weighted by Gasteiger charge is 2.14. The Morgan fingerprint density at radius 2 is 1.75 bits per heavy atom. The average molecular weight is 286 g/mol. The van der Waals surface area contributed by atoms with Crippen LogP contribution in [0.2, 0.25) is 0 Å². The minimum absolute atomic E-state index is 0.692. The van der Waals surface area contributed by atoms with E-state index in [1.54, 1.807) is 0 Å². The number of hydrogen-bond donors (Lipinski definition) is 0. The summed E-state index contributed by atoms with van der Waals surface area (Å²) in [7, 11) is -1.06. The van der Waals surface area contributed by atoms with Gasteiger partial charge in [0.15, 0.2) is 0 Å². The predicted molar refractivity (Wildman–Crippen MR) is 85.6 cm³/mol. The summed E-state index contributed by atoms with van der Waals surface area (Å²) in [5.74, 6) is 1.71. The first kappa shape index (κ1) is 14.6. The molecule has 0 N–H and O–H groups in total. The van der Waals surface area contributed by atoms with Gasteiger partial charge in [-0.15, -0.1) is 6.58 Å². The van der Waals surface area contributed by atoms with Crippen LogP contribution in [-0.2, 0) is 0 Å². The van der Waals surface area contributed by atoms with Gasteiger partial charge in [-0.1, -0.05) is 36.4 Å². The van der Waals surface area contributed by atoms with Crippen molar-refractivity contribution in [2.45, 2.75) is 13.8 Å². The van der Waals surface area contributed by atoms with E-state index in [2.05, 4.69) is 26.5 Å². The number of rotatable bonds is 6. The maximum Gasteiger partial charge on any atom is 0.294 e. The minimum Gasteiger partial charge on any atom is -0.438 e. The van der Waals surface area contributed by atoms with E-state index < -0.39 is 8.38 Å². The number of aryl methyl sites for hydroxylation is 1. The van der Waals surface area contributed by atoms with Crippen LogP contribution in [0.3, 0.4) is 0 Å². The third-order valence-electron chi connectivity index (χ3n) is 2.98. The van der Waals surface area contributed by atoms with Crippen molar-refractivity contribution in [2.75, 3.05) is 6.16 Å². The fourth-order valence-corrected chi connectivity index (χ4v) is 2.90. The Labute approximate surface area is 122 Å². The van der Waals surface area contributed by atoms with E-state index in [-0.39, 0.29) is 0 Å². The van der Waals surface area contributed by atoms with Crippen LogP contribution in [0.5, 0.6) is 11.5 Å². The number of hydrogen-bond acceptors (Lipinski definition) is 2. The van der Waals surface area contributed by atoms with Gasteiger partial charge >= 0.3 is 0 Å². The van der Waals surface area contributed by atoms with Gasteiger partial charge in [0, 0.05) is 0 Å². The van der Waals surface area contributed by atoms with Crippen molar-refractivity contribution < 1.29 is 9.05 Å². The van der Waals surface area contributed by atoms with Crippen molar-refractivity contribution in [3.05, 3.63) is 72.3 Å². The van der Waals surface area contributed by atoms with Gasteiger partial charge < -0.3 is 9.05 Å². The van der Waals surface area contributed by atoms with E-state index in [1.807, 2.05) is 48.5 Å². The van der Waals surface area contributed by atoms with E-state index in [4.69, 9.17) is 9.05 Å². The quantitative estimate of drug-likeness (QED) is 0.532. The summed E-state index contributed by atoms with van der Waals surface area (Å²) in [5.41, 5.74) is 2.37. The Morgan fingerprint density at radius 1 is 1.00 bits per heavy atom. The smallest absolute Gasteiger partial charge is 0.294 e. The molecule has 2 nitrogen and oxygen atoms in total. The largest absolute Gasteiger partial charge is 0.438 e. The van der Waals surface area contributed by atoms with E-state index in [1.165, 1.54) is 5.56 Å². The lowest BCUT2D eigenvalue weighted by atomic mass is 10.1. The second-order valence-electron chi connectivity index (χ2n) is 4.50. The molecule has 0 aliphatic carbocycles. The molecule has 0 bridgehead atoms. The topological polar surface area (TPSA) is 18.5 Å². The van der Waals surface area contributed by atoms with Crippen LogP contribution in [0.4, 0.5) is 0 Å². The van der Waals surface area contributed by atoms with E-state index >= 15 is 0 Å². The molecule has 3 heteroatoms. The normalized spacial score (nSPS) is 11.7. The number of benzene rings is 2. The third-order valence-corrected chi connectivity index (χ3v) is 4.35. The summed E-state index contributed by atoms with van der Waals surface area (Å²) >= 11 is 0. The van der Waals surface area contributed by atoms with Gasteiger partial charge in [-0.3, -0.25) is 0 Å². The highest BCUT2D eigenvalue weighted by Crippen LogP contribution is 2.41. The van der Waals surface area contributed by atoms with Crippen molar-refractivity contribution in [1.82, 2.24) is 0 Å². The van der Waals surface area contributed by atoms with Crippen LogP contribution in [0, 0.1) is 13.8 Å². The van der Waals surface area contributed by atoms with Gasteiger partial charge in [0.05, 0.1) is 6.16 Å². The predicted octanol–water partition coefficient (Wildman–Crippen LogP) is 5.26. The average Bonchev–Trinajstić information content (AvgIpc) is 2.45. The SMILES string of the molecule is C=CCP(Oc1ccccc1)Oc1cccc(C)c1C. The fourth-order valence-electron chi connectivity index (χ4n) is 1.73. The molecule has 0 saturated carbocycles. The number of allylic oxidation sites excluding steroid dienone is 1. The molecule has 2 aromatic rings. The maximum atomic E-state index is 6.04. The highest BCUT2D eigenvalue weighted by atomic mass is 31.2. The molecule has 2 aromatic carbocycles. The zero-order chi connectivity index (χ0) is 14.4. The molecule has 0 amide bonds. The first-order valence-corrected chi connectivity index (χ1v) is 7.92. The van der Waals surface area contributed by atoms with Gasteiger partial charge in [0.1, 0.15) is 11.5 Å². The Bertz CT molecular complexity index is 566. The molecule has 0 spiro atoms. The van der Waals surface area contributed by atoms with Crippen LogP contribution in [0.25, 0.3) is 0 Å². The van der Waals surface area contributed by atoms with Crippen LogP contribution in [0.1, 0.15) is 11.1 Å². The second-order valence-corrected chi connectivity index (χ2v) is 5.89. The zero-order valence-corrected chi connectivity index (χ0v) is 12.8. The molecule has 1 atom stereocenters. The zero-order valence-electron chi connectivity index (χ0n) is 11.9. The van der Waals surface area contributed by atoms with Crippen molar-refractivity contribution in [1.29, 1.82) is 0 Å². The van der Waals surface area contributed by atoms with Crippen molar-refractivity contribution in [3.8, 4) is 11.5 Å².